The summed E-state index contributed by atoms with van der Waals surface area (Å²) in [6, 6.07) is 4.11. The Balaban J connectivity index is 2.61. The van der Waals surface area contributed by atoms with Crippen LogP contribution >= 0.6 is 23.1 Å². The summed E-state index contributed by atoms with van der Waals surface area (Å²) < 4.78 is 1.28. The van der Waals surface area contributed by atoms with Crippen molar-refractivity contribution in [3.63, 3.8) is 0 Å². The summed E-state index contributed by atoms with van der Waals surface area (Å²) in [7, 11) is 0. The van der Waals surface area contributed by atoms with Gasteiger partial charge in [0.25, 0.3) is 0 Å². The predicted molar refractivity (Wildman–Crippen MR) is 54.7 cm³/mol. The molecule has 1 aromatic rings. The van der Waals surface area contributed by atoms with Gasteiger partial charge in [0.1, 0.15) is 0 Å². The van der Waals surface area contributed by atoms with Gasteiger partial charge in [-0.15, -0.1) is 23.1 Å². The monoisotopic (exact) mass is 203 g/mol. The second-order valence-corrected chi connectivity index (χ2v) is 4.70. The molecule has 0 fully saturated rings. The topological polar surface area (TPSA) is 46.2 Å². The van der Waals surface area contributed by atoms with Crippen LogP contribution in [0.5, 0.6) is 0 Å². The number of thioether (sulfide) groups is 1. The Hall–Kier alpha value is -0.0300. The van der Waals surface area contributed by atoms with E-state index >= 15 is 0 Å². The van der Waals surface area contributed by atoms with Crippen LogP contribution in [-0.4, -0.2) is 18.0 Å². The van der Waals surface area contributed by atoms with Crippen molar-refractivity contribution in [2.24, 2.45) is 5.73 Å². The highest BCUT2D eigenvalue weighted by atomic mass is 32.2. The first-order valence-corrected chi connectivity index (χ1v) is 5.82. The molecule has 3 N–H and O–H groups in total. The highest BCUT2D eigenvalue weighted by molar-refractivity contribution is 8.00. The van der Waals surface area contributed by atoms with Gasteiger partial charge in [-0.1, -0.05) is 0 Å². The van der Waals surface area contributed by atoms with Crippen molar-refractivity contribution in [1.82, 2.24) is 0 Å². The molecule has 0 aliphatic carbocycles. The summed E-state index contributed by atoms with van der Waals surface area (Å²) in [6.07, 6.45) is 2.70. The first-order valence-electron chi connectivity index (χ1n) is 3.78. The zero-order chi connectivity index (χ0) is 8.97. The van der Waals surface area contributed by atoms with Gasteiger partial charge in [-0.2, -0.15) is 0 Å². The van der Waals surface area contributed by atoms with Gasteiger partial charge in [-0.05, 0) is 24.8 Å². The van der Waals surface area contributed by atoms with Gasteiger partial charge in [0.2, 0.25) is 0 Å². The largest absolute Gasteiger partial charge is 0.396 e. The van der Waals surface area contributed by atoms with E-state index in [4.69, 9.17) is 10.8 Å². The van der Waals surface area contributed by atoms with Crippen molar-refractivity contribution in [1.29, 1.82) is 0 Å². The molecule has 1 heterocycles. The van der Waals surface area contributed by atoms with Crippen molar-refractivity contribution in [2.75, 3.05) is 12.9 Å². The molecule has 0 aromatic carbocycles. The molecule has 1 atom stereocenters. The second kappa shape index (κ2) is 4.87. The zero-order valence-corrected chi connectivity index (χ0v) is 8.62. The molecule has 0 amide bonds. The fraction of sp³-hybridized carbons (Fsp3) is 0.500. The normalized spacial score (nSPS) is 13.2. The summed E-state index contributed by atoms with van der Waals surface area (Å²) in [5.74, 6) is 0. The van der Waals surface area contributed by atoms with E-state index in [2.05, 4.69) is 6.07 Å². The van der Waals surface area contributed by atoms with Gasteiger partial charge in [-0.3, -0.25) is 0 Å². The summed E-state index contributed by atoms with van der Waals surface area (Å²) in [5.41, 5.74) is 5.81. The average Bonchev–Trinajstić information content (AvgIpc) is 2.52. The molecule has 1 aromatic heterocycles. The van der Waals surface area contributed by atoms with Crippen molar-refractivity contribution in [3.8, 4) is 0 Å². The van der Waals surface area contributed by atoms with Crippen LogP contribution in [-0.2, 0) is 0 Å². The molecule has 0 spiro atoms. The van der Waals surface area contributed by atoms with Crippen LogP contribution in [0.4, 0.5) is 0 Å². The van der Waals surface area contributed by atoms with Crippen LogP contribution in [0, 0.1) is 0 Å². The van der Waals surface area contributed by atoms with Crippen LogP contribution in [0.25, 0.3) is 0 Å². The highest BCUT2D eigenvalue weighted by Crippen LogP contribution is 2.29. The fourth-order valence-electron chi connectivity index (χ4n) is 0.925. The lowest BCUT2D eigenvalue weighted by Gasteiger charge is -2.05. The van der Waals surface area contributed by atoms with Gasteiger partial charge in [-0.25, -0.2) is 0 Å². The van der Waals surface area contributed by atoms with Crippen LogP contribution in [0.3, 0.4) is 0 Å². The lowest BCUT2D eigenvalue weighted by atomic mass is 10.2. The molecule has 1 unspecified atom stereocenters. The Morgan fingerprint density at radius 3 is 2.92 bits per heavy atom. The Labute approximate surface area is 80.8 Å². The minimum Gasteiger partial charge on any atom is -0.396 e. The maximum Gasteiger partial charge on any atom is 0.0599 e. The van der Waals surface area contributed by atoms with Crippen LogP contribution in [0.2, 0.25) is 0 Å². The maximum absolute atomic E-state index is 8.68. The summed E-state index contributed by atoms with van der Waals surface area (Å²) in [4.78, 5) is 1.16. The van der Waals surface area contributed by atoms with Gasteiger partial charge in [0.05, 0.1) is 4.21 Å². The number of aliphatic hydroxyl groups excluding tert-OH is 1. The number of aliphatic hydroxyl groups is 1. The minimum atomic E-state index is 0.000833. The Bertz CT molecular complexity index is 237. The van der Waals surface area contributed by atoms with E-state index in [9.17, 15) is 0 Å². The number of thiophene rings is 1. The molecule has 0 saturated heterocycles. The van der Waals surface area contributed by atoms with Crippen molar-refractivity contribution in [3.05, 3.63) is 17.0 Å². The van der Waals surface area contributed by atoms with Crippen LogP contribution < -0.4 is 5.73 Å². The summed E-state index contributed by atoms with van der Waals surface area (Å²) in [5, 5.41) is 8.68. The first kappa shape index (κ1) is 10.1. The fourth-order valence-corrected chi connectivity index (χ4v) is 2.52. The summed E-state index contributed by atoms with van der Waals surface area (Å²) in [6.45, 7) is 0.160. The lowest BCUT2D eigenvalue weighted by molar-refractivity contribution is 0.277. The van der Waals surface area contributed by atoms with Crippen molar-refractivity contribution < 1.29 is 5.11 Å². The first-order chi connectivity index (χ1) is 5.77. The Morgan fingerprint density at radius 2 is 2.42 bits per heavy atom. The molecular weight excluding hydrogens is 190 g/mol. The van der Waals surface area contributed by atoms with E-state index in [1.807, 2.05) is 12.3 Å². The number of hydrogen-bond donors (Lipinski definition) is 2. The molecule has 2 nitrogen and oxygen atoms in total. The van der Waals surface area contributed by atoms with Gasteiger partial charge in [0, 0.05) is 17.5 Å². The predicted octanol–water partition coefficient (Wildman–Crippen LogP) is 1.85. The summed E-state index contributed by atoms with van der Waals surface area (Å²) >= 11 is 3.43. The molecule has 0 saturated carbocycles. The average molecular weight is 203 g/mol. The molecule has 4 heteroatoms. The van der Waals surface area contributed by atoms with E-state index in [1.54, 1.807) is 23.1 Å². The Kier molecular flexibility index (Phi) is 4.08. The lowest BCUT2D eigenvalue weighted by Crippen LogP contribution is -2.09. The maximum atomic E-state index is 8.68. The molecule has 0 bridgehead atoms. The Morgan fingerprint density at radius 1 is 1.67 bits per heavy atom. The third kappa shape index (κ3) is 2.48. The van der Waals surface area contributed by atoms with Gasteiger partial charge >= 0.3 is 0 Å². The second-order valence-electron chi connectivity index (χ2n) is 2.48. The highest BCUT2D eigenvalue weighted by Gasteiger charge is 2.07. The number of hydrogen-bond acceptors (Lipinski definition) is 4. The minimum absolute atomic E-state index is 0.000833. The smallest absolute Gasteiger partial charge is 0.0599 e. The van der Waals surface area contributed by atoms with E-state index in [1.165, 1.54) is 4.21 Å². The molecule has 12 heavy (non-hydrogen) atoms. The number of nitrogens with two attached hydrogens (primary N) is 1. The molecule has 0 aliphatic rings. The standard InChI is InChI=1S/C8H13NOS2/c1-11-8-3-2-7(12-8)6(9)4-5-10/h2-3,6,10H,4-5,9H2,1H3. The molecule has 68 valence electrons. The zero-order valence-electron chi connectivity index (χ0n) is 6.99. The van der Waals surface area contributed by atoms with Crippen molar-refractivity contribution >= 4 is 23.1 Å². The third-order valence-electron chi connectivity index (χ3n) is 1.61. The molecule has 1 rings (SSSR count). The quantitative estimate of drug-likeness (QED) is 0.734. The third-order valence-corrected chi connectivity index (χ3v) is 3.91. The van der Waals surface area contributed by atoms with E-state index in [0.717, 1.165) is 4.88 Å². The molecular formula is C8H13NOS2. The van der Waals surface area contributed by atoms with Crippen molar-refractivity contribution in [2.45, 2.75) is 16.7 Å². The molecule has 0 aliphatic heterocycles. The van der Waals surface area contributed by atoms with Gasteiger partial charge in [0.15, 0.2) is 0 Å². The van der Waals surface area contributed by atoms with Crippen LogP contribution in [0.15, 0.2) is 16.3 Å². The van der Waals surface area contributed by atoms with E-state index < -0.39 is 0 Å². The SMILES string of the molecule is CSc1ccc(C(N)CCO)s1. The number of rotatable bonds is 4. The molecule has 0 radical (unpaired) electrons. The van der Waals surface area contributed by atoms with Crippen LogP contribution in [0.1, 0.15) is 17.3 Å². The van der Waals surface area contributed by atoms with E-state index in [-0.39, 0.29) is 12.6 Å². The van der Waals surface area contributed by atoms with Gasteiger partial charge < -0.3 is 10.8 Å². The van der Waals surface area contributed by atoms with E-state index in [0.29, 0.717) is 6.42 Å².